The topological polar surface area (TPSA) is 49.0 Å². The van der Waals surface area contributed by atoms with Gasteiger partial charge in [-0.1, -0.05) is 18.2 Å². The summed E-state index contributed by atoms with van der Waals surface area (Å²) < 4.78 is 0. The van der Waals surface area contributed by atoms with Crippen LogP contribution in [0.3, 0.4) is 0 Å². The van der Waals surface area contributed by atoms with E-state index in [-0.39, 0.29) is 5.78 Å². The van der Waals surface area contributed by atoms with E-state index in [1.54, 1.807) is 12.4 Å². The van der Waals surface area contributed by atoms with Crippen molar-refractivity contribution in [1.29, 1.82) is 0 Å². The van der Waals surface area contributed by atoms with E-state index < -0.39 is 0 Å². The zero-order chi connectivity index (χ0) is 14.1. The summed E-state index contributed by atoms with van der Waals surface area (Å²) in [5.74, 6) is -0.101. The maximum Gasteiger partial charge on any atom is 0.207 e. The molecule has 0 spiro atoms. The van der Waals surface area contributed by atoms with Crippen LogP contribution in [0.15, 0.2) is 48.8 Å². The molecule has 0 aliphatic rings. The van der Waals surface area contributed by atoms with Crippen LogP contribution in [0.25, 0.3) is 21.8 Å². The normalized spacial score (nSPS) is 11.5. The van der Waals surface area contributed by atoms with Gasteiger partial charge in [-0.25, -0.2) is 0 Å². The van der Waals surface area contributed by atoms with Gasteiger partial charge in [-0.2, -0.15) is 0 Å². The van der Waals surface area contributed by atoms with Crippen LogP contribution in [0.1, 0.15) is 10.5 Å². The van der Waals surface area contributed by atoms with Gasteiger partial charge in [0, 0.05) is 48.9 Å². The Hall–Kier alpha value is -2.62. The van der Waals surface area contributed by atoms with Crippen molar-refractivity contribution in [2.75, 3.05) is 14.1 Å². The molecule has 0 bridgehead atoms. The van der Waals surface area contributed by atoms with Crippen LogP contribution in [0, 0.1) is 0 Å². The van der Waals surface area contributed by atoms with E-state index in [4.69, 9.17) is 0 Å². The maximum absolute atomic E-state index is 12.2. The van der Waals surface area contributed by atoms with E-state index in [2.05, 4.69) is 9.97 Å². The average molecular weight is 265 g/mol. The third-order valence-corrected chi connectivity index (χ3v) is 3.19. The second-order valence-corrected chi connectivity index (χ2v) is 4.90. The second-order valence-electron chi connectivity index (χ2n) is 4.90. The molecule has 0 atom stereocenters. The number of allylic oxidation sites excluding steroid dienone is 1. The van der Waals surface area contributed by atoms with Crippen molar-refractivity contribution < 1.29 is 4.79 Å². The van der Waals surface area contributed by atoms with Crippen LogP contribution in [0.2, 0.25) is 0 Å². The minimum absolute atomic E-state index is 0.101. The highest BCUT2D eigenvalue weighted by molar-refractivity contribution is 6.16. The fraction of sp³-hybridized carbons (Fsp3) is 0.125. The second kappa shape index (κ2) is 4.81. The van der Waals surface area contributed by atoms with E-state index in [1.807, 2.05) is 49.3 Å². The number of nitrogens with one attached hydrogen (secondary N) is 1. The Labute approximate surface area is 116 Å². The molecule has 4 heteroatoms. The number of carbonyl (C=O) groups excluding carboxylic acids is 1. The molecule has 0 amide bonds. The highest BCUT2D eigenvalue weighted by Crippen LogP contribution is 2.26. The molecule has 1 aromatic carbocycles. The van der Waals surface area contributed by atoms with Gasteiger partial charge in [-0.3, -0.25) is 9.78 Å². The molecular weight excluding hydrogens is 250 g/mol. The summed E-state index contributed by atoms with van der Waals surface area (Å²) in [6.45, 7) is 0. The molecule has 0 unspecified atom stereocenters. The lowest BCUT2D eigenvalue weighted by atomic mass is 10.1. The number of carbonyl (C=O) groups is 1. The SMILES string of the molecule is CN(C)/C=C/C(=O)c1nccc2c1[nH]c1ccccc12. The van der Waals surface area contributed by atoms with Crippen molar-refractivity contribution >= 4 is 27.6 Å². The molecule has 100 valence electrons. The molecule has 1 N–H and O–H groups in total. The average Bonchev–Trinajstić information content (AvgIpc) is 2.83. The van der Waals surface area contributed by atoms with Crippen molar-refractivity contribution in [2.24, 2.45) is 0 Å². The quantitative estimate of drug-likeness (QED) is 0.585. The molecule has 3 rings (SSSR count). The molecule has 0 aliphatic carbocycles. The zero-order valence-electron chi connectivity index (χ0n) is 11.4. The predicted octanol–water partition coefficient (Wildman–Crippen LogP) is 2.97. The molecule has 2 aromatic heterocycles. The van der Waals surface area contributed by atoms with Crippen LogP contribution < -0.4 is 0 Å². The minimum atomic E-state index is -0.101. The lowest BCUT2D eigenvalue weighted by Gasteiger charge is -2.03. The number of aromatic amines is 1. The highest BCUT2D eigenvalue weighted by Gasteiger charge is 2.12. The summed E-state index contributed by atoms with van der Waals surface area (Å²) >= 11 is 0. The largest absolute Gasteiger partial charge is 0.383 e. The summed E-state index contributed by atoms with van der Waals surface area (Å²) in [5.41, 5.74) is 2.26. The number of para-hydroxylation sites is 1. The van der Waals surface area contributed by atoms with Gasteiger partial charge in [0.15, 0.2) is 0 Å². The summed E-state index contributed by atoms with van der Waals surface area (Å²) in [6, 6.07) is 9.93. The van der Waals surface area contributed by atoms with Crippen LogP contribution in [-0.2, 0) is 0 Å². The first kappa shape index (κ1) is 12.4. The molecular formula is C16H15N3O. The Morgan fingerprint density at radius 2 is 2.00 bits per heavy atom. The molecule has 0 radical (unpaired) electrons. The Bertz CT molecular complexity index is 815. The smallest absolute Gasteiger partial charge is 0.207 e. The third kappa shape index (κ3) is 2.05. The Morgan fingerprint density at radius 3 is 2.80 bits per heavy atom. The molecule has 2 heterocycles. The van der Waals surface area contributed by atoms with Gasteiger partial charge in [0.05, 0.1) is 5.52 Å². The molecule has 20 heavy (non-hydrogen) atoms. The van der Waals surface area contributed by atoms with Gasteiger partial charge in [0.2, 0.25) is 5.78 Å². The number of hydrogen-bond acceptors (Lipinski definition) is 3. The molecule has 0 saturated heterocycles. The van der Waals surface area contributed by atoms with E-state index in [1.165, 1.54) is 6.08 Å². The number of fused-ring (bicyclic) bond motifs is 3. The van der Waals surface area contributed by atoms with Crippen molar-refractivity contribution in [1.82, 2.24) is 14.9 Å². The standard InChI is InChI=1S/C16H15N3O/c1-19(2)10-8-14(20)16-15-12(7-9-17-16)11-5-3-4-6-13(11)18-15/h3-10,18H,1-2H3/b10-8+. The fourth-order valence-corrected chi connectivity index (χ4v) is 2.26. The van der Waals surface area contributed by atoms with E-state index >= 15 is 0 Å². The van der Waals surface area contributed by atoms with Gasteiger partial charge in [-0.05, 0) is 12.1 Å². The Morgan fingerprint density at radius 1 is 1.20 bits per heavy atom. The van der Waals surface area contributed by atoms with Crippen molar-refractivity contribution in [2.45, 2.75) is 0 Å². The Kier molecular flexibility index (Phi) is 2.99. The van der Waals surface area contributed by atoms with Gasteiger partial charge in [-0.15, -0.1) is 0 Å². The third-order valence-electron chi connectivity index (χ3n) is 3.19. The molecule has 0 saturated carbocycles. The van der Waals surface area contributed by atoms with Gasteiger partial charge >= 0.3 is 0 Å². The van der Waals surface area contributed by atoms with Gasteiger partial charge < -0.3 is 9.88 Å². The predicted molar refractivity (Wildman–Crippen MR) is 80.8 cm³/mol. The number of hydrogen-bond donors (Lipinski definition) is 1. The molecule has 3 aromatic rings. The van der Waals surface area contributed by atoms with Crippen LogP contribution in [0.5, 0.6) is 0 Å². The van der Waals surface area contributed by atoms with Crippen LogP contribution >= 0.6 is 0 Å². The first-order chi connectivity index (χ1) is 9.66. The van der Waals surface area contributed by atoms with Crippen molar-refractivity contribution in [3.8, 4) is 0 Å². The highest BCUT2D eigenvalue weighted by atomic mass is 16.1. The minimum Gasteiger partial charge on any atom is -0.383 e. The maximum atomic E-state index is 12.2. The van der Waals surface area contributed by atoms with Crippen molar-refractivity contribution in [3.05, 3.63) is 54.5 Å². The van der Waals surface area contributed by atoms with Crippen molar-refractivity contribution in [3.63, 3.8) is 0 Å². The summed E-state index contributed by atoms with van der Waals surface area (Å²) in [6.07, 6.45) is 4.94. The first-order valence-electron chi connectivity index (χ1n) is 6.41. The molecule has 0 fully saturated rings. The molecule has 0 aliphatic heterocycles. The number of ketones is 1. The number of H-pyrrole nitrogens is 1. The van der Waals surface area contributed by atoms with Crippen LogP contribution in [0.4, 0.5) is 0 Å². The monoisotopic (exact) mass is 265 g/mol. The lowest BCUT2D eigenvalue weighted by molar-refractivity contribution is 0.104. The number of nitrogens with zero attached hydrogens (tertiary/aromatic N) is 2. The number of rotatable bonds is 3. The van der Waals surface area contributed by atoms with E-state index in [0.29, 0.717) is 5.69 Å². The fourth-order valence-electron chi connectivity index (χ4n) is 2.26. The van der Waals surface area contributed by atoms with Crippen LogP contribution in [-0.4, -0.2) is 34.7 Å². The summed E-state index contributed by atoms with van der Waals surface area (Å²) in [4.78, 5) is 21.6. The summed E-state index contributed by atoms with van der Waals surface area (Å²) in [7, 11) is 3.75. The van der Waals surface area contributed by atoms with E-state index in [0.717, 1.165) is 21.8 Å². The number of pyridine rings is 1. The van der Waals surface area contributed by atoms with Gasteiger partial charge in [0.25, 0.3) is 0 Å². The number of aromatic nitrogens is 2. The summed E-state index contributed by atoms with van der Waals surface area (Å²) in [5, 5.41) is 2.13. The lowest BCUT2D eigenvalue weighted by Crippen LogP contribution is -2.04. The van der Waals surface area contributed by atoms with E-state index in [9.17, 15) is 4.79 Å². The Balaban J connectivity index is 2.19. The first-order valence-corrected chi connectivity index (χ1v) is 6.41. The van der Waals surface area contributed by atoms with Gasteiger partial charge in [0.1, 0.15) is 5.69 Å². The zero-order valence-corrected chi connectivity index (χ0v) is 11.4. The molecule has 4 nitrogen and oxygen atoms in total. The number of benzene rings is 1.